The van der Waals surface area contributed by atoms with Crippen molar-refractivity contribution < 1.29 is 13.2 Å². The summed E-state index contributed by atoms with van der Waals surface area (Å²) in [5.74, 6) is -0.209. The first kappa shape index (κ1) is 17.4. The minimum absolute atomic E-state index is 0.0159. The van der Waals surface area contributed by atoms with Gasteiger partial charge in [-0.25, -0.2) is 13.1 Å². The molecule has 1 aromatic carbocycles. The zero-order chi connectivity index (χ0) is 17.0. The predicted octanol–water partition coefficient (Wildman–Crippen LogP) is 1.39. The Bertz CT molecular complexity index is 678. The minimum Gasteiger partial charge on any atom is -0.349 e. The van der Waals surface area contributed by atoms with Gasteiger partial charge in [0.1, 0.15) is 0 Å². The summed E-state index contributed by atoms with van der Waals surface area (Å²) in [5.41, 5.74) is 0.392. The fraction of sp³-hybridized carbons (Fsp3) is 0.588. The van der Waals surface area contributed by atoms with E-state index in [4.69, 9.17) is 0 Å². The van der Waals surface area contributed by atoms with E-state index in [1.807, 2.05) is 0 Å². The maximum atomic E-state index is 12.5. The van der Waals surface area contributed by atoms with Crippen LogP contribution in [0.1, 0.15) is 48.9 Å². The number of benzene rings is 1. The monoisotopic (exact) mass is 351 g/mol. The highest BCUT2D eigenvalue weighted by Crippen LogP contribution is 2.21. The third-order valence-electron chi connectivity index (χ3n) is 4.76. The average molecular weight is 351 g/mol. The first-order valence-corrected chi connectivity index (χ1v) is 10.2. The molecule has 1 aliphatic heterocycles. The molecule has 1 amide bonds. The number of piperidine rings is 1. The van der Waals surface area contributed by atoms with Crippen molar-refractivity contribution in [3.8, 4) is 0 Å². The van der Waals surface area contributed by atoms with Crippen LogP contribution in [0.5, 0.6) is 0 Å². The predicted molar refractivity (Wildman–Crippen MR) is 92.4 cm³/mol. The van der Waals surface area contributed by atoms with E-state index in [0.29, 0.717) is 5.56 Å². The van der Waals surface area contributed by atoms with Crippen molar-refractivity contribution in [2.75, 3.05) is 13.1 Å². The third-order valence-corrected chi connectivity index (χ3v) is 6.28. The molecular formula is C17H25N3O3S. The van der Waals surface area contributed by atoms with Gasteiger partial charge in [0.25, 0.3) is 5.91 Å². The number of hydrogen-bond acceptors (Lipinski definition) is 4. The number of carbonyl (C=O) groups is 1. The van der Waals surface area contributed by atoms with Crippen LogP contribution in [-0.2, 0) is 10.0 Å². The second kappa shape index (κ2) is 7.63. The van der Waals surface area contributed by atoms with Crippen LogP contribution in [0.15, 0.2) is 29.2 Å². The van der Waals surface area contributed by atoms with Crippen molar-refractivity contribution in [1.29, 1.82) is 0 Å². The Kier molecular flexibility index (Phi) is 5.53. The third kappa shape index (κ3) is 4.34. The summed E-state index contributed by atoms with van der Waals surface area (Å²) in [6, 6.07) is 6.45. The lowest BCUT2D eigenvalue weighted by molar-refractivity contribution is 0.0929. The molecule has 1 aromatic rings. The normalized spacial score (nSPS) is 20.2. The highest BCUT2D eigenvalue weighted by atomic mass is 32.2. The molecular weight excluding hydrogens is 326 g/mol. The fourth-order valence-electron chi connectivity index (χ4n) is 3.37. The molecule has 0 bridgehead atoms. The van der Waals surface area contributed by atoms with E-state index in [1.165, 1.54) is 6.07 Å². The van der Waals surface area contributed by atoms with Gasteiger partial charge in [0.15, 0.2) is 0 Å². The smallest absolute Gasteiger partial charge is 0.251 e. The van der Waals surface area contributed by atoms with E-state index in [0.717, 1.165) is 51.6 Å². The maximum Gasteiger partial charge on any atom is 0.251 e. The Morgan fingerprint density at radius 2 is 1.75 bits per heavy atom. The Hall–Kier alpha value is -1.44. The van der Waals surface area contributed by atoms with Crippen molar-refractivity contribution >= 4 is 15.9 Å². The van der Waals surface area contributed by atoms with Gasteiger partial charge in [0.05, 0.1) is 4.90 Å². The molecule has 0 atom stereocenters. The summed E-state index contributed by atoms with van der Waals surface area (Å²) in [5, 5.41) is 6.24. The van der Waals surface area contributed by atoms with Gasteiger partial charge < -0.3 is 10.6 Å². The van der Waals surface area contributed by atoms with E-state index >= 15 is 0 Å². The molecule has 1 saturated carbocycles. The molecule has 1 heterocycles. The molecule has 6 nitrogen and oxygen atoms in total. The van der Waals surface area contributed by atoms with Gasteiger partial charge >= 0.3 is 0 Å². The Morgan fingerprint density at radius 3 is 2.46 bits per heavy atom. The topological polar surface area (TPSA) is 87.3 Å². The van der Waals surface area contributed by atoms with Crippen molar-refractivity contribution in [3.63, 3.8) is 0 Å². The van der Waals surface area contributed by atoms with Crippen molar-refractivity contribution in [3.05, 3.63) is 29.8 Å². The average Bonchev–Trinajstić information content (AvgIpc) is 3.08. The number of carbonyl (C=O) groups excluding carboxylic acids is 1. The second-order valence-electron chi connectivity index (χ2n) is 6.63. The summed E-state index contributed by atoms with van der Waals surface area (Å²) >= 11 is 0. The van der Waals surface area contributed by atoms with E-state index in [9.17, 15) is 13.2 Å². The first-order valence-electron chi connectivity index (χ1n) is 8.68. The minimum atomic E-state index is -3.57. The van der Waals surface area contributed by atoms with Crippen LogP contribution in [0.25, 0.3) is 0 Å². The second-order valence-corrected chi connectivity index (χ2v) is 8.34. The van der Waals surface area contributed by atoms with Crippen LogP contribution in [-0.4, -0.2) is 39.5 Å². The molecule has 0 unspecified atom stereocenters. The van der Waals surface area contributed by atoms with Crippen molar-refractivity contribution in [2.24, 2.45) is 0 Å². The molecule has 1 aliphatic carbocycles. The first-order chi connectivity index (χ1) is 11.5. The molecule has 24 heavy (non-hydrogen) atoms. The molecule has 132 valence electrons. The van der Waals surface area contributed by atoms with Crippen LogP contribution < -0.4 is 15.4 Å². The maximum absolute atomic E-state index is 12.5. The number of rotatable bonds is 5. The highest BCUT2D eigenvalue weighted by Gasteiger charge is 2.24. The SMILES string of the molecule is O=C(NC1CCNCC1)c1cccc(S(=O)(=O)NC2CCCC2)c1. The Labute approximate surface area is 143 Å². The summed E-state index contributed by atoms with van der Waals surface area (Å²) < 4.78 is 27.8. The van der Waals surface area contributed by atoms with Crippen LogP contribution in [0, 0.1) is 0 Å². The van der Waals surface area contributed by atoms with Gasteiger partial charge in [-0.3, -0.25) is 4.79 Å². The van der Waals surface area contributed by atoms with E-state index in [1.54, 1.807) is 18.2 Å². The number of sulfonamides is 1. The Balaban J connectivity index is 1.69. The van der Waals surface area contributed by atoms with Crippen molar-refractivity contribution in [2.45, 2.75) is 55.5 Å². The molecule has 0 radical (unpaired) electrons. The molecule has 7 heteroatoms. The lowest BCUT2D eigenvalue weighted by Gasteiger charge is -2.23. The van der Waals surface area contributed by atoms with Crippen molar-refractivity contribution in [1.82, 2.24) is 15.4 Å². The summed E-state index contributed by atoms with van der Waals surface area (Å²) in [4.78, 5) is 12.5. The lowest BCUT2D eigenvalue weighted by atomic mass is 10.1. The molecule has 3 N–H and O–H groups in total. The lowest BCUT2D eigenvalue weighted by Crippen LogP contribution is -2.42. The Morgan fingerprint density at radius 1 is 1.04 bits per heavy atom. The quantitative estimate of drug-likeness (QED) is 0.748. The van der Waals surface area contributed by atoms with Crippen LogP contribution >= 0.6 is 0 Å². The summed E-state index contributed by atoms with van der Waals surface area (Å²) in [6.45, 7) is 1.79. The zero-order valence-electron chi connectivity index (χ0n) is 13.8. The van der Waals surface area contributed by atoms with Crippen LogP contribution in [0.3, 0.4) is 0 Å². The molecule has 1 saturated heterocycles. The van der Waals surface area contributed by atoms with Gasteiger partial charge in [-0.05, 0) is 57.0 Å². The molecule has 0 aromatic heterocycles. The standard InChI is InChI=1S/C17H25N3O3S/c21-17(19-14-8-10-18-11-9-14)13-4-3-7-16(12-13)24(22,23)20-15-5-1-2-6-15/h3-4,7,12,14-15,18,20H,1-2,5-6,8-11H2,(H,19,21). The van der Waals surface area contributed by atoms with E-state index in [-0.39, 0.29) is 22.9 Å². The zero-order valence-corrected chi connectivity index (χ0v) is 14.6. The van der Waals surface area contributed by atoms with Gasteiger partial charge in [-0.2, -0.15) is 0 Å². The van der Waals surface area contributed by atoms with Gasteiger partial charge in [0, 0.05) is 17.6 Å². The van der Waals surface area contributed by atoms with Gasteiger partial charge in [0.2, 0.25) is 10.0 Å². The number of amides is 1. The highest BCUT2D eigenvalue weighted by molar-refractivity contribution is 7.89. The molecule has 0 spiro atoms. The molecule has 2 aliphatic rings. The molecule has 3 rings (SSSR count). The van der Waals surface area contributed by atoms with Crippen LogP contribution in [0.4, 0.5) is 0 Å². The van der Waals surface area contributed by atoms with Gasteiger partial charge in [-0.1, -0.05) is 18.9 Å². The largest absolute Gasteiger partial charge is 0.349 e. The molecule has 2 fully saturated rings. The van der Waals surface area contributed by atoms with Crippen LogP contribution in [0.2, 0.25) is 0 Å². The fourth-order valence-corrected chi connectivity index (χ4v) is 4.72. The van der Waals surface area contributed by atoms with Gasteiger partial charge in [-0.15, -0.1) is 0 Å². The summed E-state index contributed by atoms with van der Waals surface area (Å²) in [7, 11) is -3.57. The number of hydrogen-bond donors (Lipinski definition) is 3. The number of nitrogens with one attached hydrogen (secondary N) is 3. The summed E-state index contributed by atoms with van der Waals surface area (Å²) in [6.07, 6.45) is 5.68. The van der Waals surface area contributed by atoms with E-state index in [2.05, 4.69) is 15.4 Å². The van der Waals surface area contributed by atoms with E-state index < -0.39 is 10.0 Å².